The molecular weight excluding hydrogens is 276 g/mol. The van der Waals surface area contributed by atoms with Gasteiger partial charge in [0.15, 0.2) is 0 Å². The Balaban J connectivity index is 1.76. The summed E-state index contributed by atoms with van der Waals surface area (Å²) in [4.78, 5) is 15.9. The molecule has 0 saturated carbocycles. The number of ether oxygens (including phenoxy) is 1. The molecule has 0 saturated heterocycles. The second-order valence-electron chi connectivity index (χ2n) is 4.89. The molecule has 0 spiro atoms. The molecule has 2 aromatic rings. The number of amides is 1. The quantitative estimate of drug-likeness (QED) is 0.882. The van der Waals surface area contributed by atoms with Crippen LogP contribution in [-0.2, 0) is 0 Å². The number of hydrogen-bond acceptors (Lipinski definition) is 3. The highest BCUT2D eigenvalue weighted by atomic mass is 16.5. The van der Waals surface area contributed by atoms with E-state index in [1.54, 1.807) is 18.5 Å². The number of aromatic nitrogens is 1. The first kappa shape index (κ1) is 15.6. The van der Waals surface area contributed by atoms with E-state index >= 15 is 0 Å². The summed E-state index contributed by atoms with van der Waals surface area (Å²) in [6.07, 6.45) is 3.31. The molecule has 1 aromatic carbocycles. The van der Waals surface area contributed by atoms with E-state index in [9.17, 15) is 4.79 Å². The summed E-state index contributed by atoms with van der Waals surface area (Å²) in [5.41, 5.74) is 2.80. The van der Waals surface area contributed by atoms with Gasteiger partial charge in [-0.2, -0.15) is 0 Å². The minimum absolute atomic E-state index is 0.116. The van der Waals surface area contributed by atoms with E-state index in [1.165, 1.54) is 0 Å². The number of nitrogens with one attached hydrogen (secondary N) is 1. The number of aryl methyl sites for hydroxylation is 2. The molecule has 0 fully saturated rings. The number of benzene rings is 1. The van der Waals surface area contributed by atoms with E-state index in [4.69, 9.17) is 4.74 Å². The summed E-state index contributed by atoms with van der Waals surface area (Å²) in [5.74, 6) is 6.27. The highest BCUT2D eigenvalue weighted by Crippen LogP contribution is 2.08. The lowest BCUT2D eigenvalue weighted by molar-refractivity contribution is 0.0958. The van der Waals surface area contributed by atoms with Gasteiger partial charge in [0.1, 0.15) is 12.4 Å². The Hall–Kier alpha value is -2.80. The average molecular weight is 294 g/mol. The average Bonchev–Trinajstić information content (AvgIpc) is 2.50. The third kappa shape index (κ3) is 4.95. The molecule has 22 heavy (non-hydrogen) atoms. The summed E-state index contributed by atoms with van der Waals surface area (Å²) < 4.78 is 5.38. The van der Waals surface area contributed by atoms with Gasteiger partial charge in [0.05, 0.1) is 12.7 Å². The maximum Gasteiger partial charge on any atom is 0.252 e. The van der Waals surface area contributed by atoms with Crippen LogP contribution < -0.4 is 10.1 Å². The first-order chi connectivity index (χ1) is 10.6. The fourth-order valence-electron chi connectivity index (χ4n) is 2.00. The van der Waals surface area contributed by atoms with E-state index in [1.807, 2.05) is 38.1 Å². The molecule has 1 N–H and O–H groups in total. The van der Waals surface area contributed by atoms with Gasteiger partial charge in [-0.15, -0.1) is 0 Å². The van der Waals surface area contributed by atoms with Crippen molar-refractivity contribution in [3.63, 3.8) is 0 Å². The number of nitrogens with zero attached hydrogens (tertiary/aromatic N) is 1. The Kier molecular flexibility index (Phi) is 5.56. The predicted molar refractivity (Wildman–Crippen MR) is 85.8 cm³/mol. The van der Waals surface area contributed by atoms with Gasteiger partial charge in [-0.3, -0.25) is 9.78 Å². The van der Waals surface area contributed by atoms with Gasteiger partial charge in [-0.05, 0) is 38.1 Å². The Labute approximate surface area is 130 Å². The Bertz CT molecular complexity index is 680. The Morgan fingerprint density at radius 3 is 2.68 bits per heavy atom. The van der Waals surface area contributed by atoms with Gasteiger partial charge in [-0.25, -0.2) is 0 Å². The summed E-state index contributed by atoms with van der Waals surface area (Å²) >= 11 is 0. The maximum atomic E-state index is 12.0. The van der Waals surface area contributed by atoms with Gasteiger partial charge < -0.3 is 10.1 Å². The van der Waals surface area contributed by atoms with E-state index in [0.717, 1.165) is 11.1 Å². The van der Waals surface area contributed by atoms with Crippen molar-refractivity contribution in [3.05, 3.63) is 59.4 Å². The highest BCUT2D eigenvalue weighted by Gasteiger charge is 2.04. The van der Waals surface area contributed by atoms with Gasteiger partial charge in [0.25, 0.3) is 5.91 Å². The lowest BCUT2D eigenvalue weighted by Gasteiger charge is -2.04. The van der Waals surface area contributed by atoms with Gasteiger partial charge >= 0.3 is 0 Å². The van der Waals surface area contributed by atoms with Crippen LogP contribution >= 0.6 is 0 Å². The molecule has 0 aliphatic rings. The monoisotopic (exact) mass is 294 g/mol. The standard InChI is InChI=1S/C18H18N2O2/c1-14-10-15(2)12-16(11-14)18(21)20-8-3-4-9-22-17-6-5-7-19-13-17/h5-7,10-13H,8-9H2,1-2H3,(H,20,21). The zero-order valence-electron chi connectivity index (χ0n) is 12.7. The summed E-state index contributed by atoms with van der Waals surface area (Å²) in [5, 5.41) is 2.77. The number of hydrogen-bond donors (Lipinski definition) is 1. The number of rotatable bonds is 4. The molecule has 4 nitrogen and oxygen atoms in total. The molecule has 4 heteroatoms. The van der Waals surface area contributed by atoms with Crippen LogP contribution in [0.4, 0.5) is 0 Å². The summed E-state index contributed by atoms with van der Waals surface area (Å²) in [6, 6.07) is 9.37. The summed E-state index contributed by atoms with van der Waals surface area (Å²) in [6.45, 7) is 4.51. The van der Waals surface area contributed by atoms with Crippen LogP contribution in [0, 0.1) is 25.7 Å². The van der Waals surface area contributed by atoms with Crippen molar-refractivity contribution in [2.75, 3.05) is 13.2 Å². The van der Waals surface area contributed by atoms with Crippen molar-refractivity contribution >= 4 is 5.91 Å². The van der Waals surface area contributed by atoms with Crippen molar-refractivity contribution < 1.29 is 9.53 Å². The van der Waals surface area contributed by atoms with Crippen molar-refractivity contribution in [2.45, 2.75) is 13.8 Å². The van der Waals surface area contributed by atoms with Crippen molar-refractivity contribution in [2.24, 2.45) is 0 Å². The van der Waals surface area contributed by atoms with Crippen LogP contribution in [0.5, 0.6) is 5.75 Å². The predicted octanol–water partition coefficient (Wildman–Crippen LogP) is 2.51. The summed E-state index contributed by atoms with van der Waals surface area (Å²) in [7, 11) is 0. The molecule has 0 bridgehead atoms. The first-order valence-electron chi connectivity index (χ1n) is 7.00. The van der Waals surface area contributed by atoms with E-state index < -0.39 is 0 Å². The molecule has 0 radical (unpaired) electrons. The van der Waals surface area contributed by atoms with Gasteiger partial charge in [0.2, 0.25) is 0 Å². The van der Waals surface area contributed by atoms with E-state index in [2.05, 4.69) is 22.1 Å². The fraction of sp³-hybridized carbons (Fsp3) is 0.222. The maximum absolute atomic E-state index is 12.0. The van der Waals surface area contributed by atoms with Crippen molar-refractivity contribution in [1.29, 1.82) is 0 Å². The van der Waals surface area contributed by atoms with Crippen LogP contribution in [-0.4, -0.2) is 24.0 Å². The molecule has 1 aromatic heterocycles. The third-order valence-corrected chi connectivity index (χ3v) is 2.89. The molecule has 0 atom stereocenters. The van der Waals surface area contributed by atoms with Crippen LogP contribution in [0.1, 0.15) is 21.5 Å². The molecule has 2 rings (SSSR count). The van der Waals surface area contributed by atoms with Gasteiger partial charge in [-0.1, -0.05) is 29.0 Å². The van der Waals surface area contributed by atoms with Crippen molar-refractivity contribution in [1.82, 2.24) is 10.3 Å². The van der Waals surface area contributed by atoms with E-state index in [0.29, 0.717) is 17.9 Å². The largest absolute Gasteiger partial charge is 0.479 e. The van der Waals surface area contributed by atoms with Crippen molar-refractivity contribution in [3.8, 4) is 17.6 Å². The Morgan fingerprint density at radius 2 is 2.00 bits per heavy atom. The number of pyridine rings is 1. The topological polar surface area (TPSA) is 51.2 Å². The molecular formula is C18H18N2O2. The fourth-order valence-corrected chi connectivity index (χ4v) is 2.00. The highest BCUT2D eigenvalue weighted by molar-refractivity contribution is 5.94. The molecule has 0 unspecified atom stereocenters. The number of carbonyl (C=O) groups excluding carboxylic acids is 1. The molecule has 0 aliphatic carbocycles. The smallest absolute Gasteiger partial charge is 0.252 e. The second kappa shape index (κ2) is 7.84. The van der Waals surface area contributed by atoms with E-state index in [-0.39, 0.29) is 12.5 Å². The van der Waals surface area contributed by atoms with Gasteiger partial charge in [0, 0.05) is 11.8 Å². The molecule has 0 aliphatic heterocycles. The minimum Gasteiger partial charge on any atom is -0.479 e. The molecule has 1 amide bonds. The zero-order chi connectivity index (χ0) is 15.8. The number of carbonyl (C=O) groups is 1. The van der Waals surface area contributed by atoms with Crippen LogP contribution in [0.25, 0.3) is 0 Å². The lowest BCUT2D eigenvalue weighted by Crippen LogP contribution is -2.23. The molecule has 1 heterocycles. The third-order valence-electron chi connectivity index (χ3n) is 2.89. The Morgan fingerprint density at radius 1 is 1.23 bits per heavy atom. The normalized spacial score (nSPS) is 9.55. The molecule has 112 valence electrons. The first-order valence-corrected chi connectivity index (χ1v) is 7.00. The minimum atomic E-state index is -0.116. The van der Waals surface area contributed by atoms with Crippen LogP contribution in [0.15, 0.2) is 42.7 Å². The van der Waals surface area contributed by atoms with Crippen LogP contribution in [0.3, 0.4) is 0 Å². The SMILES string of the molecule is Cc1cc(C)cc(C(=O)NCC#CCOc2cccnc2)c1. The van der Waals surface area contributed by atoms with Crippen LogP contribution in [0.2, 0.25) is 0 Å². The zero-order valence-corrected chi connectivity index (χ0v) is 12.7. The lowest BCUT2D eigenvalue weighted by atomic mass is 10.1. The second-order valence-corrected chi connectivity index (χ2v) is 4.89.